The summed E-state index contributed by atoms with van der Waals surface area (Å²) in [7, 11) is 0. The Labute approximate surface area is 113 Å². The first-order valence-electron chi connectivity index (χ1n) is 6.23. The lowest BCUT2D eigenvalue weighted by molar-refractivity contribution is 0.422. The Morgan fingerprint density at radius 1 is 1.17 bits per heavy atom. The number of rotatable bonds is 6. The molecule has 96 valence electrons. The zero-order chi connectivity index (χ0) is 12.8. The van der Waals surface area contributed by atoms with Crippen molar-refractivity contribution in [2.45, 2.75) is 24.8 Å². The minimum atomic E-state index is 0.273. The van der Waals surface area contributed by atoms with Crippen LogP contribution in [0.25, 0.3) is 0 Å². The van der Waals surface area contributed by atoms with Crippen molar-refractivity contribution in [1.82, 2.24) is 5.32 Å². The largest absolute Gasteiger partial charge is 0.465 e. The van der Waals surface area contributed by atoms with Crippen LogP contribution in [0, 0.1) is 6.92 Å². The van der Waals surface area contributed by atoms with E-state index in [1.807, 2.05) is 36.9 Å². The van der Waals surface area contributed by atoms with Gasteiger partial charge in [-0.15, -0.1) is 11.8 Å². The van der Waals surface area contributed by atoms with Crippen molar-refractivity contribution in [2.75, 3.05) is 12.3 Å². The SMILES string of the molecule is Cc1ccc(C(C)NCCSc2ccccc2)o1. The lowest BCUT2D eigenvalue weighted by Crippen LogP contribution is -2.20. The summed E-state index contributed by atoms with van der Waals surface area (Å²) < 4.78 is 5.59. The molecule has 3 heteroatoms. The van der Waals surface area contributed by atoms with Crippen molar-refractivity contribution in [2.24, 2.45) is 0 Å². The lowest BCUT2D eigenvalue weighted by Gasteiger charge is -2.10. The second kappa shape index (κ2) is 6.66. The van der Waals surface area contributed by atoms with E-state index in [2.05, 4.69) is 36.5 Å². The fourth-order valence-electron chi connectivity index (χ4n) is 1.75. The zero-order valence-electron chi connectivity index (χ0n) is 10.8. The number of hydrogen-bond acceptors (Lipinski definition) is 3. The number of benzene rings is 1. The van der Waals surface area contributed by atoms with Crippen LogP contribution in [0.3, 0.4) is 0 Å². The molecule has 0 aliphatic heterocycles. The van der Waals surface area contributed by atoms with E-state index < -0.39 is 0 Å². The highest BCUT2D eigenvalue weighted by atomic mass is 32.2. The Morgan fingerprint density at radius 2 is 1.94 bits per heavy atom. The third-order valence-corrected chi connectivity index (χ3v) is 3.77. The Balaban J connectivity index is 1.69. The van der Waals surface area contributed by atoms with Gasteiger partial charge in [-0.3, -0.25) is 0 Å². The molecule has 18 heavy (non-hydrogen) atoms. The minimum absolute atomic E-state index is 0.273. The molecule has 2 rings (SSSR count). The monoisotopic (exact) mass is 261 g/mol. The van der Waals surface area contributed by atoms with Gasteiger partial charge in [0.25, 0.3) is 0 Å². The first-order valence-corrected chi connectivity index (χ1v) is 7.22. The van der Waals surface area contributed by atoms with Crippen LogP contribution in [0.4, 0.5) is 0 Å². The Kier molecular flexibility index (Phi) is 4.90. The number of nitrogens with one attached hydrogen (secondary N) is 1. The van der Waals surface area contributed by atoms with Gasteiger partial charge in [-0.05, 0) is 38.1 Å². The Hall–Kier alpha value is -1.19. The molecule has 0 bridgehead atoms. The molecule has 0 saturated carbocycles. The third-order valence-electron chi connectivity index (χ3n) is 2.75. The van der Waals surface area contributed by atoms with Crippen molar-refractivity contribution in [3.05, 3.63) is 54.0 Å². The summed E-state index contributed by atoms with van der Waals surface area (Å²) in [5.74, 6) is 3.04. The normalized spacial score (nSPS) is 12.6. The molecule has 0 aliphatic carbocycles. The summed E-state index contributed by atoms with van der Waals surface area (Å²) in [5, 5.41) is 3.47. The maximum atomic E-state index is 5.59. The molecule has 0 radical (unpaired) electrons. The molecule has 0 saturated heterocycles. The van der Waals surface area contributed by atoms with Gasteiger partial charge in [0.05, 0.1) is 6.04 Å². The van der Waals surface area contributed by atoms with Gasteiger partial charge in [0.1, 0.15) is 11.5 Å². The summed E-state index contributed by atoms with van der Waals surface area (Å²) >= 11 is 1.87. The predicted octanol–water partition coefficient (Wildman–Crippen LogP) is 4.03. The number of thioether (sulfide) groups is 1. The van der Waals surface area contributed by atoms with Crippen molar-refractivity contribution in [1.29, 1.82) is 0 Å². The molecule has 1 aromatic carbocycles. The lowest BCUT2D eigenvalue weighted by atomic mass is 10.2. The number of aryl methyl sites for hydroxylation is 1. The summed E-state index contributed by atoms with van der Waals surface area (Å²) in [5.41, 5.74) is 0. The fourth-order valence-corrected chi connectivity index (χ4v) is 2.55. The standard InChI is InChI=1S/C15H19NOS/c1-12-8-9-15(17-12)13(2)16-10-11-18-14-6-4-3-5-7-14/h3-9,13,16H,10-11H2,1-2H3. The van der Waals surface area contributed by atoms with E-state index >= 15 is 0 Å². The topological polar surface area (TPSA) is 25.2 Å². The molecular formula is C15H19NOS. The van der Waals surface area contributed by atoms with Crippen molar-refractivity contribution >= 4 is 11.8 Å². The highest BCUT2D eigenvalue weighted by Gasteiger charge is 2.07. The van der Waals surface area contributed by atoms with E-state index in [4.69, 9.17) is 4.42 Å². The van der Waals surface area contributed by atoms with Gasteiger partial charge in [0.15, 0.2) is 0 Å². The van der Waals surface area contributed by atoms with Gasteiger partial charge in [-0.2, -0.15) is 0 Å². The average Bonchev–Trinajstić information content (AvgIpc) is 2.82. The molecule has 2 nitrogen and oxygen atoms in total. The van der Waals surface area contributed by atoms with Crippen LogP contribution in [0.15, 0.2) is 51.8 Å². The van der Waals surface area contributed by atoms with Gasteiger partial charge in [0.2, 0.25) is 0 Å². The van der Waals surface area contributed by atoms with Gasteiger partial charge in [-0.1, -0.05) is 18.2 Å². The Morgan fingerprint density at radius 3 is 2.61 bits per heavy atom. The molecule has 1 N–H and O–H groups in total. The van der Waals surface area contributed by atoms with E-state index in [0.29, 0.717) is 0 Å². The van der Waals surface area contributed by atoms with Crippen molar-refractivity contribution in [3.8, 4) is 0 Å². The van der Waals surface area contributed by atoms with Crippen LogP contribution in [-0.2, 0) is 0 Å². The summed E-state index contributed by atoms with van der Waals surface area (Å²) in [6, 6.07) is 14.8. The average molecular weight is 261 g/mol. The molecule has 0 amide bonds. The maximum absolute atomic E-state index is 5.59. The second-order valence-corrected chi connectivity index (χ2v) is 5.45. The van der Waals surface area contributed by atoms with Crippen LogP contribution >= 0.6 is 11.8 Å². The first kappa shape index (κ1) is 13.2. The quantitative estimate of drug-likeness (QED) is 0.628. The van der Waals surface area contributed by atoms with Crippen LogP contribution in [0.5, 0.6) is 0 Å². The Bertz CT molecular complexity index is 466. The summed E-state index contributed by atoms with van der Waals surface area (Å²) in [6.07, 6.45) is 0. The smallest absolute Gasteiger partial charge is 0.120 e. The maximum Gasteiger partial charge on any atom is 0.120 e. The third kappa shape index (κ3) is 3.93. The molecule has 0 spiro atoms. The first-order chi connectivity index (χ1) is 8.75. The zero-order valence-corrected chi connectivity index (χ0v) is 11.7. The highest BCUT2D eigenvalue weighted by molar-refractivity contribution is 7.99. The molecule has 1 heterocycles. The van der Waals surface area contributed by atoms with Gasteiger partial charge in [0, 0.05) is 17.2 Å². The van der Waals surface area contributed by atoms with Crippen molar-refractivity contribution in [3.63, 3.8) is 0 Å². The van der Waals surface area contributed by atoms with E-state index in [0.717, 1.165) is 23.8 Å². The van der Waals surface area contributed by atoms with E-state index in [-0.39, 0.29) is 6.04 Å². The molecule has 0 fully saturated rings. The number of hydrogen-bond donors (Lipinski definition) is 1. The second-order valence-electron chi connectivity index (χ2n) is 4.29. The van der Waals surface area contributed by atoms with Gasteiger partial charge >= 0.3 is 0 Å². The van der Waals surface area contributed by atoms with Gasteiger partial charge in [-0.25, -0.2) is 0 Å². The molecule has 1 atom stereocenters. The van der Waals surface area contributed by atoms with Crippen molar-refractivity contribution < 1.29 is 4.42 Å². The molecule has 2 aromatic rings. The molecule has 0 aliphatic rings. The van der Waals surface area contributed by atoms with Crippen LogP contribution in [-0.4, -0.2) is 12.3 Å². The highest BCUT2D eigenvalue weighted by Crippen LogP contribution is 2.18. The minimum Gasteiger partial charge on any atom is -0.465 e. The summed E-state index contributed by atoms with van der Waals surface area (Å²) in [6.45, 7) is 5.08. The van der Waals surface area contributed by atoms with E-state index in [9.17, 15) is 0 Å². The molecule has 1 unspecified atom stereocenters. The van der Waals surface area contributed by atoms with Crippen LogP contribution < -0.4 is 5.32 Å². The predicted molar refractivity (Wildman–Crippen MR) is 77.0 cm³/mol. The number of furan rings is 1. The van der Waals surface area contributed by atoms with Crippen LogP contribution in [0.1, 0.15) is 24.5 Å². The van der Waals surface area contributed by atoms with Gasteiger partial charge < -0.3 is 9.73 Å². The molecule has 1 aromatic heterocycles. The van der Waals surface area contributed by atoms with Crippen LogP contribution in [0.2, 0.25) is 0 Å². The summed E-state index contributed by atoms with van der Waals surface area (Å²) in [4.78, 5) is 1.32. The molecular weight excluding hydrogens is 242 g/mol. The van der Waals surface area contributed by atoms with E-state index in [1.165, 1.54) is 4.90 Å². The fraction of sp³-hybridized carbons (Fsp3) is 0.333. The van der Waals surface area contributed by atoms with E-state index in [1.54, 1.807) is 0 Å².